The van der Waals surface area contributed by atoms with Gasteiger partial charge in [-0.2, -0.15) is 4.37 Å². The summed E-state index contributed by atoms with van der Waals surface area (Å²) in [4.78, 5) is 26.0. The molecule has 1 unspecified atom stereocenters. The van der Waals surface area contributed by atoms with Crippen molar-refractivity contribution in [3.05, 3.63) is 35.9 Å². The standard InChI is InChI=1S/C19H22N4O3S/c1-12(24)20-18-10-17(22-27-18)26-15-4-2-14(3-5-15)19(25)21-16-11-23-8-6-13(16)7-9-23/h2-5,10,13,16H,6-9,11H2,1H3,(H,20,24)(H,21,25). The molecule has 3 fully saturated rings. The predicted molar refractivity (Wildman–Crippen MR) is 103 cm³/mol. The fourth-order valence-corrected chi connectivity index (χ4v) is 4.34. The zero-order valence-corrected chi connectivity index (χ0v) is 15.9. The lowest BCUT2D eigenvalue weighted by molar-refractivity contribution is -0.114. The molecule has 8 heteroatoms. The first-order valence-electron chi connectivity index (χ1n) is 9.12. The van der Waals surface area contributed by atoms with Gasteiger partial charge in [0.15, 0.2) is 0 Å². The van der Waals surface area contributed by atoms with Gasteiger partial charge in [0.25, 0.3) is 5.91 Å². The maximum Gasteiger partial charge on any atom is 0.251 e. The van der Waals surface area contributed by atoms with E-state index in [4.69, 9.17) is 4.74 Å². The van der Waals surface area contributed by atoms with Crippen molar-refractivity contribution in [2.75, 3.05) is 25.0 Å². The van der Waals surface area contributed by atoms with Crippen LogP contribution in [0.4, 0.5) is 5.00 Å². The second kappa shape index (κ2) is 7.66. The Kier molecular flexibility index (Phi) is 5.09. The number of amides is 2. The predicted octanol–water partition coefficient (Wildman–Crippen LogP) is 2.72. The van der Waals surface area contributed by atoms with Gasteiger partial charge in [-0.15, -0.1) is 0 Å². The summed E-state index contributed by atoms with van der Waals surface area (Å²) >= 11 is 1.16. The summed E-state index contributed by atoms with van der Waals surface area (Å²) in [6, 6.07) is 8.93. The number of carbonyl (C=O) groups excluding carboxylic acids is 2. The molecule has 4 heterocycles. The highest BCUT2D eigenvalue weighted by Crippen LogP contribution is 2.28. The summed E-state index contributed by atoms with van der Waals surface area (Å²) < 4.78 is 9.82. The summed E-state index contributed by atoms with van der Waals surface area (Å²) in [6.07, 6.45) is 2.34. The molecule has 2 amide bonds. The van der Waals surface area contributed by atoms with E-state index < -0.39 is 0 Å². The van der Waals surface area contributed by atoms with Crippen LogP contribution in [0.15, 0.2) is 30.3 Å². The second-order valence-electron chi connectivity index (χ2n) is 7.06. The highest BCUT2D eigenvalue weighted by atomic mass is 32.1. The molecule has 0 radical (unpaired) electrons. The average Bonchev–Trinajstić information content (AvgIpc) is 3.09. The Morgan fingerprint density at radius 3 is 2.59 bits per heavy atom. The highest BCUT2D eigenvalue weighted by molar-refractivity contribution is 7.10. The molecule has 1 atom stereocenters. The van der Waals surface area contributed by atoms with Crippen molar-refractivity contribution in [2.24, 2.45) is 5.92 Å². The van der Waals surface area contributed by atoms with Gasteiger partial charge in [-0.1, -0.05) is 0 Å². The van der Waals surface area contributed by atoms with E-state index in [2.05, 4.69) is 19.9 Å². The third kappa shape index (κ3) is 4.28. The van der Waals surface area contributed by atoms with Crippen molar-refractivity contribution in [3.63, 3.8) is 0 Å². The maximum absolute atomic E-state index is 12.5. The van der Waals surface area contributed by atoms with Gasteiger partial charge in [-0.25, -0.2) is 0 Å². The molecule has 0 aliphatic carbocycles. The molecule has 142 valence electrons. The van der Waals surface area contributed by atoms with Gasteiger partial charge in [-0.3, -0.25) is 9.59 Å². The maximum atomic E-state index is 12.5. The third-order valence-corrected chi connectivity index (χ3v) is 5.79. The van der Waals surface area contributed by atoms with Crippen LogP contribution in [0.25, 0.3) is 0 Å². The fraction of sp³-hybridized carbons (Fsp3) is 0.421. The van der Waals surface area contributed by atoms with Gasteiger partial charge in [-0.05, 0) is 67.6 Å². The lowest BCUT2D eigenvalue weighted by atomic mass is 9.84. The fourth-order valence-electron chi connectivity index (χ4n) is 3.71. The van der Waals surface area contributed by atoms with Crippen LogP contribution in [0.3, 0.4) is 0 Å². The number of aromatic nitrogens is 1. The number of fused-ring (bicyclic) bond motifs is 3. The summed E-state index contributed by atoms with van der Waals surface area (Å²) in [5.74, 6) is 1.41. The Hall–Kier alpha value is -2.45. The van der Waals surface area contributed by atoms with Crippen LogP contribution in [0.1, 0.15) is 30.1 Å². The molecule has 2 N–H and O–H groups in total. The number of nitrogens with zero attached hydrogens (tertiary/aromatic N) is 2. The summed E-state index contributed by atoms with van der Waals surface area (Å²) in [5, 5.41) is 6.48. The Morgan fingerprint density at radius 1 is 1.22 bits per heavy atom. The number of nitrogens with one attached hydrogen (secondary N) is 2. The molecule has 0 spiro atoms. The van der Waals surface area contributed by atoms with E-state index in [1.165, 1.54) is 19.8 Å². The van der Waals surface area contributed by atoms with Gasteiger partial charge in [0, 0.05) is 31.1 Å². The van der Waals surface area contributed by atoms with E-state index in [9.17, 15) is 9.59 Å². The van der Waals surface area contributed by atoms with Crippen LogP contribution in [-0.2, 0) is 4.79 Å². The molecule has 3 aliphatic heterocycles. The van der Waals surface area contributed by atoms with Crippen LogP contribution in [0.5, 0.6) is 11.6 Å². The van der Waals surface area contributed by atoms with E-state index in [1.807, 2.05) is 0 Å². The van der Waals surface area contributed by atoms with Crippen LogP contribution < -0.4 is 15.4 Å². The van der Waals surface area contributed by atoms with E-state index in [0.29, 0.717) is 28.1 Å². The number of ether oxygens (including phenoxy) is 1. The Balaban J connectivity index is 1.35. The molecule has 1 aromatic heterocycles. The van der Waals surface area contributed by atoms with Crippen LogP contribution >= 0.6 is 11.5 Å². The first kappa shape index (κ1) is 17.9. The van der Waals surface area contributed by atoms with E-state index >= 15 is 0 Å². The first-order valence-corrected chi connectivity index (χ1v) is 9.89. The quantitative estimate of drug-likeness (QED) is 0.826. The van der Waals surface area contributed by atoms with Crippen LogP contribution in [0.2, 0.25) is 0 Å². The van der Waals surface area contributed by atoms with Crippen molar-refractivity contribution < 1.29 is 14.3 Å². The molecular formula is C19H22N4O3S. The molecule has 3 saturated heterocycles. The Bertz CT molecular complexity index is 828. The third-order valence-electron chi connectivity index (χ3n) is 5.10. The normalized spacial score (nSPS) is 23.7. The topological polar surface area (TPSA) is 83.6 Å². The molecule has 1 aromatic carbocycles. The number of hydrogen-bond acceptors (Lipinski definition) is 6. The first-order chi connectivity index (χ1) is 13.1. The largest absolute Gasteiger partial charge is 0.438 e. The number of piperidine rings is 3. The number of benzene rings is 1. The molecule has 27 heavy (non-hydrogen) atoms. The minimum absolute atomic E-state index is 0.0399. The number of anilines is 1. The highest BCUT2D eigenvalue weighted by Gasteiger charge is 2.34. The Morgan fingerprint density at radius 2 is 1.96 bits per heavy atom. The molecule has 5 rings (SSSR count). The summed E-state index contributed by atoms with van der Waals surface area (Å²) in [7, 11) is 0. The molecule has 2 bridgehead atoms. The van der Waals surface area contributed by atoms with Crippen LogP contribution in [0, 0.1) is 5.92 Å². The van der Waals surface area contributed by atoms with Crippen LogP contribution in [-0.4, -0.2) is 46.8 Å². The van der Waals surface area contributed by atoms with Crippen molar-refractivity contribution >= 4 is 28.3 Å². The van der Waals surface area contributed by atoms with Gasteiger partial charge in [0.05, 0.1) is 0 Å². The molecular weight excluding hydrogens is 364 g/mol. The summed E-state index contributed by atoms with van der Waals surface area (Å²) in [5.41, 5.74) is 0.621. The number of hydrogen-bond donors (Lipinski definition) is 2. The van der Waals surface area contributed by atoms with Crippen molar-refractivity contribution in [3.8, 4) is 11.6 Å². The lowest BCUT2D eigenvalue weighted by Gasteiger charge is -2.44. The smallest absolute Gasteiger partial charge is 0.251 e. The second-order valence-corrected chi connectivity index (χ2v) is 7.86. The molecule has 3 aliphatic rings. The van der Waals surface area contributed by atoms with E-state index in [0.717, 1.165) is 31.2 Å². The van der Waals surface area contributed by atoms with Gasteiger partial charge >= 0.3 is 0 Å². The minimum atomic E-state index is -0.149. The zero-order valence-electron chi connectivity index (χ0n) is 15.1. The molecule has 7 nitrogen and oxygen atoms in total. The van der Waals surface area contributed by atoms with Gasteiger partial charge < -0.3 is 20.3 Å². The van der Waals surface area contributed by atoms with Crippen molar-refractivity contribution in [2.45, 2.75) is 25.8 Å². The average molecular weight is 386 g/mol. The Labute approximate surface area is 161 Å². The van der Waals surface area contributed by atoms with Gasteiger partial charge in [0.2, 0.25) is 11.8 Å². The van der Waals surface area contributed by atoms with E-state index in [-0.39, 0.29) is 17.9 Å². The minimum Gasteiger partial charge on any atom is -0.438 e. The SMILES string of the molecule is CC(=O)Nc1cc(Oc2ccc(C(=O)NC3CN4CCC3CC4)cc2)ns1. The number of carbonyl (C=O) groups is 2. The monoisotopic (exact) mass is 386 g/mol. The zero-order chi connectivity index (χ0) is 18.8. The lowest BCUT2D eigenvalue weighted by Crippen LogP contribution is -2.57. The number of rotatable bonds is 5. The van der Waals surface area contributed by atoms with Crippen molar-refractivity contribution in [1.29, 1.82) is 0 Å². The molecule has 0 saturated carbocycles. The summed E-state index contributed by atoms with van der Waals surface area (Å²) in [6.45, 7) is 4.71. The van der Waals surface area contributed by atoms with Gasteiger partial charge in [0.1, 0.15) is 10.8 Å². The molecule has 2 aromatic rings. The van der Waals surface area contributed by atoms with Crippen molar-refractivity contribution in [1.82, 2.24) is 14.6 Å². The van der Waals surface area contributed by atoms with E-state index in [1.54, 1.807) is 30.3 Å².